The van der Waals surface area contributed by atoms with Crippen molar-refractivity contribution in [2.45, 2.75) is 51.0 Å². The van der Waals surface area contributed by atoms with Gasteiger partial charge in [-0.1, -0.05) is 19.3 Å². The first kappa shape index (κ1) is 14.3. The van der Waals surface area contributed by atoms with Crippen molar-refractivity contribution in [3.8, 4) is 0 Å². The van der Waals surface area contributed by atoms with E-state index in [1.54, 1.807) is 6.92 Å². The van der Waals surface area contributed by atoms with Crippen LogP contribution >= 0.6 is 0 Å². The van der Waals surface area contributed by atoms with E-state index in [4.69, 9.17) is 4.74 Å². The summed E-state index contributed by atoms with van der Waals surface area (Å²) in [5.74, 6) is -0.262. The maximum absolute atomic E-state index is 12.3. The maximum Gasteiger partial charge on any atom is 0.331 e. The van der Waals surface area contributed by atoms with E-state index in [0.29, 0.717) is 26.0 Å². The highest BCUT2D eigenvalue weighted by Crippen LogP contribution is 2.30. The second-order valence-corrected chi connectivity index (χ2v) is 5.54. The molecule has 108 valence electrons. The summed E-state index contributed by atoms with van der Waals surface area (Å²) in [5, 5.41) is 6.19. The van der Waals surface area contributed by atoms with Gasteiger partial charge in [0.05, 0.1) is 12.5 Å². The fourth-order valence-electron chi connectivity index (χ4n) is 3.02. The lowest BCUT2D eigenvalue weighted by atomic mass is 9.81. The van der Waals surface area contributed by atoms with Crippen LogP contribution in [0.2, 0.25) is 0 Å². The predicted molar refractivity (Wildman–Crippen MR) is 71.6 cm³/mol. The van der Waals surface area contributed by atoms with Gasteiger partial charge in [-0.2, -0.15) is 0 Å². The Labute approximate surface area is 114 Å². The van der Waals surface area contributed by atoms with Crippen molar-refractivity contribution in [3.05, 3.63) is 0 Å². The SMILES string of the molecule is CCOC(=O)C1(NC(=O)[C@H]2CCNC2)CCCCC1. The molecule has 0 aromatic heterocycles. The molecule has 5 heteroatoms. The van der Waals surface area contributed by atoms with E-state index in [-0.39, 0.29) is 17.8 Å². The second-order valence-electron chi connectivity index (χ2n) is 5.54. The van der Waals surface area contributed by atoms with E-state index in [2.05, 4.69) is 10.6 Å². The molecule has 19 heavy (non-hydrogen) atoms. The van der Waals surface area contributed by atoms with Crippen molar-refractivity contribution in [3.63, 3.8) is 0 Å². The number of carbonyl (C=O) groups is 2. The molecule has 2 fully saturated rings. The third kappa shape index (κ3) is 3.26. The van der Waals surface area contributed by atoms with Crippen molar-refractivity contribution in [2.75, 3.05) is 19.7 Å². The van der Waals surface area contributed by atoms with Crippen molar-refractivity contribution in [1.29, 1.82) is 0 Å². The van der Waals surface area contributed by atoms with Crippen LogP contribution in [0.25, 0.3) is 0 Å². The Balaban J connectivity index is 2.04. The van der Waals surface area contributed by atoms with Crippen molar-refractivity contribution in [2.24, 2.45) is 5.92 Å². The first-order valence-corrected chi connectivity index (χ1v) is 7.38. The van der Waals surface area contributed by atoms with Gasteiger partial charge in [-0.25, -0.2) is 4.79 Å². The molecule has 1 heterocycles. The van der Waals surface area contributed by atoms with Gasteiger partial charge in [-0.15, -0.1) is 0 Å². The fourth-order valence-corrected chi connectivity index (χ4v) is 3.02. The van der Waals surface area contributed by atoms with Gasteiger partial charge in [0.15, 0.2) is 0 Å². The summed E-state index contributed by atoms with van der Waals surface area (Å²) in [5.41, 5.74) is -0.770. The average Bonchev–Trinajstić information content (AvgIpc) is 2.94. The minimum atomic E-state index is -0.770. The molecular weight excluding hydrogens is 244 g/mol. The van der Waals surface area contributed by atoms with Crippen LogP contribution < -0.4 is 10.6 Å². The van der Waals surface area contributed by atoms with Crippen LogP contribution in [-0.4, -0.2) is 37.1 Å². The molecule has 0 unspecified atom stereocenters. The molecule has 2 aliphatic rings. The number of esters is 1. The monoisotopic (exact) mass is 268 g/mol. The van der Waals surface area contributed by atoms with Gasteiger partial charge in [0, 0.05) is 6.54 Å². The zero-order chi connectivity index (χ0) is 13.7. The number of hydrogen-bond donors (Lipinski definition) is 2. The quantitative estimate of drug-likeness (QED) is 0.746. The zero-order valence-corrected chi connectivity index (χ0v) is 11.7. The molecule has 5 nitrogen and oxygen atoms in total. The summed E-state index contributed by atoms with van der Waals surface area (Å²) in [6, 6.07) is 0. The van der Waals surface area contributed by atoms with E-state index in [9.17, 15) is 9.59 Å². The minimum absolute atomic E-state index is 0.0000435. The lowest BCUT2D eigenvalue weighted by Crippen LogP contribution is -2.57. The third-order valence-corrected chi connectivity index (χ3v) is 4.17. The van der Waals surface area contributed by atoms with E-state index < -0.39 is 5.54 Å². The number of rotatable bonds is 4. The largest absolute Gasteiger partial charge is 0.464 e. The summed E-state index contributed by atoms with van der Waals surface area (Å²) in [6.45, 7) is 3.76. The van der Waals surface area contributed by atoms with Gasteiger partial charge in [0.25, 0.3) is 0 Å². The highest BCUT2D eigenvalue weighted by Gasteiger charge is 2.43. The van der Waals surface area contributed by atoms with Crippen molar-refractivity contribution >= 4 is 11.9 Å². The molecule has 0 radical (unpaired) electrons. The molecule has 0 aromatic rings. The van der Waals surface area contributed by atoms with Crippen LogP contribution in [0.3, 0.4) is 0 Å². The van der Waals surface area contributed by atoms with Gasteiger partial charge in [-0.3, -0.25) is 4.79 Å². The molecule has 1 saturated carbocycles. The zero-order valence-electron chi connectivity index (χ0n) is 11.7. The molecule has 1 amide bonds. The van der Waals surface area contributed by atoms with Crippen LogP contribution in [0, 0.1) is 5.92 Å². The second kappa shape index (κ2) is 6.37. The van der Waals surface area contributed by atoms with E-state index in [1.165, 1.54) is 0 Å². The van der Waals surface area contributed by atoms with E-state index in [0.717, 1.165) is 32.2 Å². The number of hydrogen-bond acceptors (Lipinski definition) is 4. The molecule has 2 N–H and O–H groups in total. The Morgan fingerprint density at radius 3 is 2.63 bits per heavy atom. The Morgan fingerprint density at radius 1 is 1.32 bits per heavy atom. The highest BCUT2D eigenvalue weighted by atomic mass is 16.5. The smallest absolute Gasteiger partial charge is 0.331 e. The van der Waals surface area contributed by atoms with Gasteiger partial charge in [0.2, 0.25) is 5.91 Å². The van der Waals surface area contributed by atoms with E-state index >= 15 is 0 Å². The highest BCUT2D eigenvalue weighted by molar-refractivity contribution is 5.89. The van der Waals surface area contributed by atoms with Crippen LogP contribution in [0.4, 0.5) is 0 Å². The van der Waals surface area contributed by atoms with Gasteiger partial charge in [0.1, 0.15) is 5.54 Å². The lowest BCUT2D eigenvalue weighted by Gasteiger charge is -2.36. The lowest BCUT2D eigenvalue weighted by molar-refractivity contribution is -0.155. The molecule has 1 atom stereocenters. The third-order valence-electron chi connectivity index (χ3n) is 4.17. The van der Waals surface area contributed by atoms with Crippen molar-refractivity contribution in [1.82, 2.24) is 10.6 Å². The first-order chi connectivity index (χ1) is 9.18. The number of carbonyl (C=O) groups excluding carboxylic acids is 2. The Kier molecular flexibility index (Phi) is 4.80. The van der Waals surface area contributed by atoms with Crippen molar-refractivity contribution < 1.29 is 14.3 Å². The molecule has 0 bridgehead atoms. The number of amides is 1. The Morgan fingerprint density at radius 2 is 2.05 bits per heavy atom. The van der Waals surface area contributed by atoms with Gasteiger partial charge in [-0.05, 0) is 32.7 Å². The Bertz CT molecular complexity index is 332. The topological polar surface area (TPSA) is 67.4 Å². The van der Waals surface area contributed by atoms with Crippen LogP contribution in [0.5, 0.6) is 0 Å². The Hall–Kier alpha value is -1.10. The summed E-state index contributed by atoms with van der Waals surface area (Å²) in [4.78, 5) is 24.5. The van der Waals surface area contributed by atoms with Gasteiger partial charge < -0.3 is 15.4 Å². The summed E-state index contributed by atoms with van der Waals surface area (Å²) < 4.78 is 5.18. The van der Waals surface area contributed by atoms with E-state index in [1.807, 2.05) is 0 Å². The molecule has 1 aliphatic carbocycles. The number of nitrogens with one attached hydrogen (secondary N) is 2. The predicted octanol–water partition coefficient (Wildman–Crippen LogP) is 0.978. The standard InChI is InChI=1S/C14H24N2O3/c1-2-19-13(18)14(7-4-3-5-8-14)16-12(17)11-6-9-15-10-11/h11,15H,2-10H2,1H3,(H,16,17)/t11-/m0/s1. The molecule has 0 aromatic carbocycles. The van der Waals surface area contributed by atoms with Crippen LogP contribution in [0.15, 0.2) is 0 Å². The number of ether oxygens (including phenoxy) is 1. The van der Waals surface area contributed by atoms with Gasteiger partial charge >= 0.3 is 5.97 Å². The maximum atomic E-state index is 12.3. The summed E-state index contributed by atoms with van der Waals surface area (Å²) in [7, 11) is 0. The molecule has 0 spiro atoms. The average molecular weight is 268 g/mol. The summed E-state index contributed by atoms with van der Waals surface area (Å²) >= 11 is 0. The minimum Gasteiger partial charge on any atom is -0.464 e. The van der Waals surface area contributed by atoms with Crippen LogP contribution in [-0.2, 0) is 14.3 Å². The normalized spacial score (nSPS) is 25.8. The molecule has 2 rings (SSSR count). The fraction of sp³-hybridized carbons (Fsp3) is 0.857. The molecular formula is C14H24N2O3. The van der Waals surface area contributed by atoms with Crippen LogP contribution in [0.1, 0.15) is 45.4 Å². The molecule has 1 saturated heterocycles. The summed E-state index contributed by atoms with van der Waals surface area (Å²) in [6.07, 6.45) is 5.34. The first-order valence-electron chi connectivity index (χ1n) is 7.38. The molecule has 1 aliphatic heterocycles.